The Labute approximate surface area is 203 Å². The summed E-state index contributed by atoms with van der Waals surface area (Å²) in [5.74, 6) is -0.826. The normalized spacial score (nSPS) is 11.1. The molecule has 0 aliphatic heterocycles. The third-order valence-electron chi connectivity index (χ3n) is 4.96. The van der Waals surface area contributed by atoms with E-state index in [-0.39, 0.29) is 5.78 Å². The van der Waals surface area contributed by atoms with E-state index >= 15 is 0 Å². The van der Waals surface area contributed by atoms with Crippen molar-refractivity contribution in [2.45, 2.75) is 19.4 Å². The van der Waals surface area contributed by atoms with Gasteiger partial charge in [0.2, 0.25) is 0 Å². The van der Waals surface area contributed by atoms with Gasteiger partial charge in [-0.1, -0.05) is 48.5 Å². The van der Waals surface area contributed by atoms with E-state index in [1.165, 1.54) is 6.92 Å². The van der Waals surface area contributed by atoms with Crippen LogP contribution in [0.1, 0.15) is 22.8 Å². The van der Waals surface area contributed by atoms with Crippen LogP contribution in [-0.2, 0) is 25.5 Å². The average molecular weight is 475 g/mol. The molecule has 180 valence electrons. The van der Waals surface area contributed by atoms with Crippen LogP contribution in [0.3, 0.4) is 0 Å². The minimum absolute atomic E-state index is 0.207. The highest BCUT2D eigenvalue weighted by atomic mass is 16.5. The Bertz CT molecular complexity index is 1150. The highest BCUT2D eigenvalue weighted by Gasteiger charge is 2.19. The van der Waals surface area contributed by atoms with Gasteiger partial charge in [0.15, 0.2) is 12.4 Å². The summed E-state index contributed by atoms with van der Waals surface area (Å²) >= 11 is 0. The van der Waals surface area contributed by atoms with Crippen molar-refractivity contribution in [3.8, 4) is 11.5 Å². The third-order valence-corrected chi connectivity index (χ3v) is 4.96. The van der Waals surface area contributed by atoms with E-state index in [1.54, 1.807) is 24.3 Å². The summed E-state index contributed by atoms with van der Waals surface area (Å²) in [4.78, 5) is 48.2. The molecule has 3 aromatic rings. The molecule has 0 fully saturated rings. The lowest BCUT2D eigenvalue weighted by Gasteiger charge is -2.16. The molecule has 0 spiro atoms. The largest absolute Gasteiger partial charge is 0.457 e. The molecule has 2 N–H and O–H groups in total. The molecule has 0 radical (unpaired) electrons. The van der Waals surface area contributed by atoms with Gasteiger partial charge in [-0.25, -0.2) is 0 Å². The van der Waals surface area contributed by atoms with Crippen molar-refractivity contribution in [2.75, 3.05) is 13.2 Å². The summed E-state index contributed by atoms with van der Waals surface area (Å²) in [5.41, 5.74) is 1.23. The number of hydrogen-bond donors (Lipinski definition) is 2. The lowest BCUT2D eigenvalue weighted by Crippen LogP contribution is -2.43. The van der Waals surface area contributed by atoms with Crippen LogP contribution in [0, 0.1) is 0 Å². The molecule has 3 aromatic carbocycles. The second-order valence-corrected chi connectivity index (χ2v) is 7.70. The number of Topliss-reactive ketones (excluding diaryl/α,β-unsaturated/α-hetero) is 1. The maximum absolute atomic E-state index is 12.3. The van der Waals surface area contributed by atoms with Crippen LogP contribution in [0.5, 0.6) is 11.5 Å². The molecule has 1 unspecified atom stereocenters. The van der Waals surface area contributed by atoms with Gasteiger partial charge < -0.3 is 20.1 Å². The Balaban J connectivity index is 1.40. The van der Waals surface area contributed by atoms with Gasteiger partial charge in [-0.15, -0.1) is 0 Å². The number of hydrogen-bond acceptors (Lipinski definition) is 6. The predicted octanol–water partition coefficient (Wildman–Crippen LogP) is 3.07. The SMILES string of the molecule is CC(=O)C(Cc1ccccc1)NC(=O)COC(=O)CNC(=O)c1ccc(Oc2ccccc2)cc1. The van der Waals surface area contributed by atoms with Crippen molar-refractivity contribution in [3.63, 3.8) is 0 Å². The second-order valence-electron chi connectivity index (χ2n) is 7.70. The van der Waals surface area contributed by atoms with E-state index in [2.05, 4.69) is 10.6 Å². The summed E-state index contributed by atoms with van der Waals surface area (Å²) in [6.45, 7) is 0.420. The first-order valence-electron chi connectivity index (χ1n) is 11.0. The van der Waals surface area contributed by atoms with Crippen molar-refractivity contribution in [1.82, 2.24) is 10.6 Å². The van der Waals surface area contributed by atoms with Gasteiger partial charge in [-0.2, -0.15) is 0 Å². The molecule has 1 atom stereocenters. The molecular weight excluding hydrogens is 448 g/mol. The smallest absolute Gasteiger partial charge is 0.325 e. The number of carbonyl (C=O) groups excluding carboxylic acids is 4. The molecule has 0 saturated heterocycles. The molecule has 0 aliphatic carbocycles. The summed E-state index contributed by atoms with van der Waals surface area (Å²) < 4.78 is 10.6. The molecule has 0 saturated carbocycles. The first-order valence-corrected chi connectivity index (χ1v) is 11.0. The summed E-state index contributed by atoms with van der Waals surface area (Å²) in [6.07, 6.45) is 0.334. The Kier molecular flexibility index (Phi) is 9.13. The fourth-order valence-corrected chi connectivity index (χ4v) is 3.13. The zero-order chi connectivity index (χ0) is 25.0. The van der Waals surface area contributed by atoms with E-state index < -0.39 is 37.0 Å². The second kappa shape index (κ2) is 12.7. The Morgan fingerprint density at radius 2 is 1.40 bits per heavy atom. The summed E-state index contributed by atoms with van der Waals surface area (Å²) in [7, 11) is 0. The predicted molar refractivity (Wildman–Crippen MR) is 129 cm³/mol. The third kappa shape index (κ3) is 8.43. The van der Waals surface area contributed by atoms with Crippen molar-refractivity contribution in [3.05, 3.63) is 96.1 Å². The van der Waals surface area contributed by atoms with E-state index in [0.717, 1.165) is 5.56 Å². The first-order chi connectivity index (χ1) is 16.9. The van der Waals surface area contributed by atoms with Crippen molar-refractivity contribution in [1.29, 1.82) is 0 Å². The number of esters is 1. The minimum Gasteiger partial charge on any atom is -0.457 e. The topological polar surface area (TPSA) is 111 Å². The number of carbonyl (C=O) groups is 4. The summed E-state index contributed by atoms with van der Waals surface area (Å²) in [5, 5.41) is 5.01. The molecule has 0 heterocycles. The summed E-state index contributed by atoms with van der Waals surface area (Å²) in [6, 6.07) is 24.2. The van der Waals surface area contributed by atoms with Gasteiger partial charge in [-0.3, -0.25) is 19.2 Å². The fraction of sp³-hybridized carbons (Fsp3) is 0.185. The number of ketones is 1. The zero-order valence-electron chi connectivity index (χ0n) is 19.2. The van der Waals surface area contributed by atoms with Crippen LogP contribution < -0.4 is 15.4 Å². The number of benzene rings is 3. The van der Waals surface area contributed by atoms with Crippen molar-refractivity contribution in [2.24, 2.45) is 0 Å². The van der Waals surface area contributed by atoms with E-state index in [0.29, 0.717) is 23.5 Å². The Morgan fingerprint density at radius 1 is 0.800 bits per heavy atom. The highest BCUT2D eigenvalue weighted by molar-refractivity contribution is 5.96. The van der Waals surface area contributed by atoms with Crippen LogP contribution in [0.4, 0.5) is 0 Å². The van der Waals surface area contributed by atoms with Crippen LogP contribution in [0.25, 0.3) is 0 Å². The molecule has 0 bridgehead atoms. The standard InChI is InChI=1S/C27H26N2O6/c1-19(30)24(16-20-8-4-2-5-9-20)29-25(31)18-34-26(32)17-28-27(33)21-12-14-23(15-13-21)35-22-10-6-3-7-11-22/h2-15,24H,16-18H2,1H3,(H,28,33)(H,29,31). The molecule has 0 aromatic heterocycles. The monoisotopic (exact) mass is 474 g/mol. The molecule has 0 aliphatic rings. The van der Waals surface area contributed by atoms with E-state index in [4.69, 9.17) is 9.47 Å². The van der Waals surface area contributed by atoms with Crippen LogP contribution in [0.2, 0.25) is 0 Å². The van der Waals surface area contributed by atoms with Crippen molar-refractivity contribution < 1.29 is 28.7 Å². The number of ether oxygens (including phenoxy) is 2. The maximum atomic E-state index is 12.3. The lowest BCUT2D eigenvalue weighted by molar-refractivity contribution is -0.147. The fourth-order valence-electron chi connectivity index (χ4n) is 3.13. The van der Waals surface area contributed by atoms with Crippen LogP contribution >= 0.6 is 0 Å². The molecule has 8 nitrogen and oxygen atoms in total. The zero-order valence-corrected chi connectivity index (χ0v) is 19.2. The Hall–Kier alpha value is -4.46. The van der Waals surface area contributed by atoms with Gasteiger partial charge in [0.05, 0.1) is 6.04 Å². The average Bonchev–Trinajstić information content (AvgIpc) is 2.87. The molecule has 2 amide bonds. The maximum Gasteiger partial charge on any atom is 0.325 e. The van der Waals surface area contributed by atoms with E-state index in [1.807, 2.05) is 60.7 Å². The van der Waals surface area contributed by atoms with Gasteiger partial charge in [0.25, 0.3) is 11.8 Å². The van der Waals surface area contributed by atoms with Gasteiger partial charge >= 0.3 is 5.97 Å². The van der Waals surface area contributed by atoms with Gasteiger partial charge in [0.1, 0.15) is 18.0 Å². The molecule has 35 heavy (non-hydrogen) atoms. The van der Waals surface area contributed by atoms with Crippen LogP contribution in [0.15, 0.2) is 84.9 Å². The highest BCUT2D eigenvalue weighted by Crippen LogP contribution is 2.21. The lowest BCUT2D eigenvalue weighted by atomic mass is 10.0. The van der Waals surface area contributed by atoms with Crippen LogP contribution in [-0.4, -0.2) is 42.8 Å². The number of nitrogens with one attached hydrogen (secondary N) is 2. The Morgan fingerprint density at radius 3 is 2.03 bits per heavy atom. The van der Waals surface area contributed by atoms with Gasteiger partial charge in [-0.05, 0) is 55.3 Å². The molecule has 8 heteroatoms. The molecule has 3 rings (SSSR count). The quantitative estimate of drug-likeness (QED) is 0.413. The number of rotatable bonds is 11. The minimum atomic E-state index is -0.778. The van der Waals surface area contributed by atoms with Gasteiger partial charge in [0, 0.05) is 5.56 Å². The number of para-hydroxylation sites is 1. The first kappa shape index (κ1) is 25.2. The molecular formula is C27H26N2O6. The van der Waals surface area contributed by atoms with Crippen molar-refractivity contribution >= 4 is 23.6 Å². The van der Waals surface area contributed by atoms with E-state index in [9.17, 15) is 19.2 Å². The number of amides is 2.